The Hall–Kier alpha value is -0.970. The van der Waals surface area contributed by atoms with E-state index in [9.17, 15) is 13.2 Å². The minimum atomic E-state index is -4.33. The highest BCUT2D eigenvalue weighted by molar-refractivity contribution is 6.16. The minimum Gasteiger partial charge on any atom is -0.483 e. The SMILES string of the molecule is FC(F)(F)COc1ccc(CCl)nc1. The van der Waals surface area contributed by atoms with E-state index in [-0.39, 0.29) is 11.6 Å². The third-order valence-corrected chi connectivity index (χ3v) is 1.61. The predicted molar refractivity (Wildman–Crippen MR) is 45.3 cm³/mol. The smallest absolute Gasteiger partial charge is 0.422 e. The largest absolute Gasteiger partial charge is 0.483 e. The zero-order valence-corrected chi connectivity index (χ0v) is 7.77. The summed E-state index contributed by atoms with van der Waals surface area (Å²) in [5.74, 6) is 0.302. The van der Waals surface area contributed by atoms with Gasteiger partial charge >= 0.3 is 6.18 Å². The molecule has 0 atom stereocenters. The third kappa shape index (κ3) is 3.83. The summed E-state index contributed by atoms with van der Waals surface area (Å²) >= 11 is 5.45. The summed E-state index contributed by atoms with van der Waals surface area (Å²) in [6.07, 6.45) is -3.12. The monoisotopic (exact) mass is 225 g/mol. The van der Waals surface area contributed by atoms with Crippen LogP contribution < -0.4 is 4.74 Å². The molecule has 0 aliphatic heterocycles. The van der Waals surface area contributed by atoms with E-state index < -0.39 is 12.8 Å². The van der Waals surface area contributed by atoms with Crippen LogP contribution >= 0.6 is 11.6 Å². The molecule has 0 radical (unpaired) electrons. The van der Waals surface area contributed by atoms with Crippen LogP contribution in [0.25, 0.3) is 0 Å². The van der Waals surface area contributed by atoms with E-state index >= 15 is 0 Å². The molecule has 78 valence electrons. The van der Waals surface area contributed by atoms with E-state index in [1.54, 1.807) is 0 Å². The second-order valence-electron chi connectivity index (χ2n) is 2.52. The average molecular weight is 226 g/mol. The first-order chi connectivity index (χ1) is 6.51. The van der Waals surface area contributed by atoms with E-state index in [1.165, 1.54) is 18.3 Å². The lowest BCUT2D eigenvalue weighted by molar-refractivity contribution is -0.153. The van der Waals surface area contributed by atoms with Crippen LogP contribution in [0.2, 0.25) is 0 Å². The molecule has 0 unspecified atom stereocenters. The number of hydrogen-bond donors (Lipinski definition) is 0. The number of halogens is 4. The second-order valence-corrected chi connectivity index (χ2v) is 2.79. The quantitative estimate of drug-likeness (QED) is 0.738. The van der Waals surface area contributed by atoms with Gasteiger partial charge in [-0.2, -0.15) is 13.2 Å². The van der Waals surface area contributed by atoms with Gasteiger partial charge in [-0.3, -0.25) is 4.98 Å². The molecule has 0 saturated heterocycles. The zero-order chi connectivity index (χ0) is 10.6. The van der Waals surface area contributed by atoms with Crippen molar-refractivity contribution in [2.24, 2.45) is 0 Å². The van der Waals surface area contributed by atoms with Gasteiger partial charge in [0.1, 0.15) is 5.75 Å². The lowest BCUT2D eigenvalue weighted by atomic mass is 10.4. The highest BCUT2D eigenvalue weighted by Crippen LogP contribution is 2.17. The van der Waals surface area contributed by atoms with Gasteiger partial charge in [-0.15, -0.1) is 11.6 Å². The molecule has 2 nitrogen and oxygen atoms in total. The molecule has 0 aromatic carbocycles. The minimum absolute atomic E-state index is 0.0798. The van der Waals surface area contributed by atoms with Crippen LogP contribution in [0.5, 0.6) is 5.75 Å². The summed E-state index contributed by atoms with van der Waals surface area (Å²) < 4.78 is 39.6. The van der Waals surface area contributed by atoms with Gasteiger partial charge in [0.05, 0.1) is 17.8 Å². The molecule has 0 fully saturated rings. The van der Waals surface area contributed by atoms with Gasteiger partial charge in [0.2, 0.25) is 0 Å². The number of ether oxygens (including phenoxy) is 1. The van der Waals surface area contributed by atoms with Gasteiger partial charge in [-0.1, -0.05) is 0 Å². The van der Waals surface area contributed by atoms with Gasteiger partial charge in [-0.05, 0) is 12.1 Å². The Morgan fingerprint density at radius 2 is 2.07 bits per heavy atom. The van der Waals surface area contributed by atoms with Crippen molar-refractivity contribution < 1.29 is 17.9 Å². The van der Waals surface area contributed by atoms with Crippen LogP contribution in [0.1, 0.15) is 5.69 Å². The summed E-state index contributed by atoms with van der Waals surface area (Å²) in [6, 6.07) is 2.91. The molecule has 1 aromatic rings. The number of nitrogens with zero attached hydrogens (tertiary/aromatic N) is 1. The normalized spacial score (nSPS) is 11.4. The fourth-order valence-corrected chi connectivity index (χ4v) is 0.899. The van der Waals surface area contributed by atoms with Crippen molar-refractivity contribution in [3.8, 4) is 5.75 Å². The Labute approximate surface area is 83.7 Å². The maximum atomic E-state index is 11.7. The van der Waals surface area contributed by atoms with Crippen LogP contribution in [0, 0.1) is 0 Å². The first kappa shape index (κ1) is 11.1. The Morgan fingerprint density at radius 3 is 2.50 bits per heavy atom. The topological polar surface area (TPSA) is 22.1 Å². The highest BCUT2D eigenvalue weighted by atomic mass is 35.5. The van der Waals surface area contributed by atoms with Crippen molar-refractivity contribution >= 4 is 11.6 Å². The zero-order valence-electron chi connectivity index (χ0n) is 7.01. The van der Waals surface area contributed by atoms with E-state index in [1.807, 2.05) is 0 Å². The molecule has 0 aliphatic rings. The van der Waals surface area contributed by atoms with Crippen molar-refractivity contribution in [2.75, 3.05) is 6.61 Å². The molecular weight excluding hydrogens is 219 g/mol. The van der Waals surface area contributed by atoms with Gasteiger partial charge in [0, 0.05) is 0 Å². The van der Waals surface area contributed by atoms with Crippen LogP contribution in [0.15, 0.2) is 18.3 Å². The second kappa shape index (κ2) is 4.50. The maximum Gasteiger partial charge on any atom is 0.422 e. The van der Waals surface area contributed by atoms with E-state index in [0.29, 0.717) is 5.69 Å². The average Bonchev–Trinajstić information content (AvgIpc) is 2.14. The molecule has 0 saturated carbocycles. The molecule has 0 aliphatic carbocycles. The number of rotatable bonds is 3. The molecule has 1 heterocycles. The van der Waals surface area contributed by atoms with Gasteiger partial charge < -0.3 is 4.74 Å². The fraction of sp³-hybridized carbons (Fsp3) is 0.375. The van der Waals surface area contributed by atoms with E-state index in [4.69, 9.17) is 11.6 Å². The standard InChI is InChI=1S/C8H7ClF3NO/c9-3-6-1-2-7(4-13-6)14-5-8(10,11)12/h1-2,4H,3,5H2. The third-order valence-electron chi connectivity index (χ3n) is 1.34. The summed E-state index contributed by atoms with van der Waals surface area (Å²) in [7, 11) is 0. The molecule has 0 bridgehead atoms. The van der Waals surface area contributed by atoms with Crippen LogP contribution in [0.3, 0.4) is 0 Å². The lowest BCUT2D eigenvalue weighted by Gasteiger charge is -2.08. The molecule has 1 aromatic heterocycles. The summed E-state index contributed by atoms with van der Waals surface area (Å²) in [6.45, 7) is -1.31. The van der Waals surface area contributed by atoms with Crippen LogP contribution in [-0.4, -0.2) is 17.8 Å². The molecule has 0 amide bonds. The Balaban J connectivity index is 2.52. The van der Waals surface area contributed by atoms with Crippen molar-refractivity contribution in [1.29, 1.82) is 0 Å². The van der Waals surface area contributed by atoms with Gasteiger partial charge in [0.15, 0.2) is 6.61 Å². The molecule has 0 N–H and O–H groups in total. The fourth-order valence-electron chi connectivity index (χ4n) is 0.741. The number of aromatic nitrogens is 1. The van der Waals surface area contributed by atoms with E-state index in [2.05, 4.69) is 9.72 Å². The highest BCUT2D eigenvalue weighted by Gasteiger charge is 2.28. The summed E-state index contributed by atoms with van der Waals surface area (Å²) in [5.41, 5.74) is 0.589. The maximum absolute atomic E-state index is 11.7. The van der Waals surface area contributed by atoms with Crippen molar-refractivity contribution in [3.05, 3.63) is 24.0 Å². The summed E-state index contributed by atoms with van der Waals surface area (Å²) in [4.78, 5) is 3.77. The van der Waals surface area contributed by atoms with Crippen molar-refractivity contribution in [2.45, 2.75) is 12.1 Å². The molecule has 0 spiro atoms. The van der Waals surface area contributed by atoms with Crippen LogP contribution in [0.4, 0.5) is 13.2 Å². The summed E-state index contributed by atoms with van der Waals surface area (Å²) in [5, 5.41) is 0. The van der Waals surface area contributed by atoms with Crippen molar-refractivity contribution in [3.63, 3.8) is 0 Å². The van der Waals surface area contributed by atoms with Crippen molar-refractivity contribution in [1.82, 2.24) is 4.98 Å². The predicted octanol–water partition coefficient (Wildman–Crippen LogP) is 2.76. The first-order valence-electron chi connectivity index (χ1n) is 3.72. The van der Waals surface area contributed by atoms with E-state index in [0.717, 1.165) is 0 Å². The Morgan fingerprint density at radius 1 is 1.36 bits per heavy atom. The lowest BCUT2D eigenvalue weighted by Crippen LogP contribution is -2.19. The first-order valence-corrected chi connectivity index (χ1v) is 4.25. The Bertz CT molecular complexity index is 286. The Kier molecular flexibility index (Phi) is 3.57. The number of alkyl halides is 4. The van der Waals surface area contributed by atoms with Crippen LogP contribution in [-0.2, 0) is 5.88 Å². The number of hydrogen-bond acceptors (Lipinski definition) is 2. The molecule has 1 rings (SSSR count). The molecule has 6 heteroatoms. The number of pyridine rings is 1. The molecule has 14 heavy (non-hydrogen) atoms. The molecular formula is C8H7ClF3NO. The van der Waals surface area contributed by atoms with Gasteiger partial charge in [0.25, 0.3) is 0 Å². The van der Waals surface area contributed by atoms with Gasteiger partial charge in [-0.25, -0.2) is 0 Å².